The van der Waals surface area contributed by atoms with E-state index in [0.29, 0.717) is 0 Å². The molecule has 7 heteroatoms. The van der Waals surface area contributed by atoms with Crippen LogP contribution in [0.1, 0.15) is 39.3 Å². The number of hydrogen-bond donors (Lipinski definition) is 0. The van der Waals surface area contributed by atoms with Crippen molar-refractivity contribution in [2.45, 2.75) is 57.3 Å². The molecule has 1 atom stereocenters. The summed E-state index contributed by atoms with van der Waals surface area (Å²) in [6.45, 7) is 12.8. The fraction of sp³-hybridized carbons (Fsp3) is 0.643. The number of alkyl halides is 3. The summed E-state index contributed by atoms with van der Waals surface area (Å²) in [5.74, 6) is 0. The molecule has 0 saturated carbocycles. The van der Waals surface area contributed by atoms with E-state index in [4.69, 9.17) is 11.8 Å². The predicted octanol–water partition coefficient (Wildman–Crippen LogP) is 3.70. The summed E-state index contributed by atoms with van der Waals surface area (Å²) in [5, 5.41) is 13.4. The minimum Gasteiger partial charge on any atom is -0.292 e. The molecular weight excluding hydrogens is 281 g/mol. The van der Waals surface area contributed by atoms with Crippen molar-refractivity contribution < 1.29 is 13.2 Å². The van der Waals surface area contributed by atoms with Crippen molar-refractivity contribution in [1.29, 1.82) is 5.26 Å². The van der Waals surface area contributed by atoms with Crippen LogP contribution in [0.15, 0.2) is 12.3 Å². The lowest BCUT2D eigenvalue weighted by Crippen LogP contribution is -2.31. The van der Waals surface area contributed by atoms with Gasteiger partial charge in [-0.1, -0.05) is 20.8 Å². The predicted molar refractivity (Wildman–Crippen MR) is 71.2 cm³/mol. The lowest BCUT2D eigenvalue weighted by atomic mass is 9.93. The Morgan fingerprint density at radius 1 is 1.33 bits per heavy atom. The van der Waals surface area contributed by atoms with Gasteiger partial charge >= 0.3 is 11.7 Å². The van der Waals surface area contributed by atoms with E-state index in [1.165, 1.54) is 4.68 Å². The van der Waals surface area contributed by atoms with Crippen LogP contribution in [0.2, 0.25) is 0 Å². The number of aromatic nitrogens is 2. The summed E-state index contributed by atoms with van der Waals surface area (Å²) in [7, 11) is 0. The van der Waals surface area contributed by atoms with Crippen molar-refractivity contribution in [3.63, 3.8) is 0 Å². The highest BCUT2D eigenvalue weighted by molar-refractivity contribution is 5.17. The lowest BCUT2D eigenvalue weighted by Gasteiger charge is -2.17. The third-order valence-corrected chi connectivity index (χ3v) is 3.08. The fourth-order valence-corrected chi connectivity index (χ4v) is 1.75. The maximum Gasteiger partial charge on any atom is 0.389 e. The molecule has 0 aromatic carbocycles. The molecule has 4 nitrogen and oxygen atoms in total. The maximum atomic E-state index is 12.3. The van der Waals surface area contributed by atoms with Crippen LogP contribution in [0.25, 0.3) is 4.85 Å². The first-order chi connectivity index (χ1) is 9.51. The van der Waals surface area contributed by atoms with Gasteiger partial charge in [0.25, 0.3) is 0 Å². The first kappa shape index (κ1) is 17.0. The van der Waals surface area contributed by atoms with E-state index in [2.05, 4.69) is 9.94 Å². The molecule has 1 heterocycles. The second kappa shape index (κ2) is 5.77. The Morgan fingerprint density at radius 2 is 1.95 bits per heavy atom. The van der Waals surface area contributed by atoms with Crippen LogP contribution >= 0.6 is 0 Å². The van der Waals surface area contributed by atoms with E-state index in [1.807, 2.05) is 20.8 Å². The summed E-state index contributed by atoms with van der Waals surface area (Å²) in [6, 6.07) is 3.47. The van der Waals surface area contributed by atoms with E-state index >= 15 is 0 Å². The molecule has 1 aromatic heterocycles. The third-order valence-electron chi connectivity index (χ3n) is 3.08. The summed E-state index contributed by atoms with van der Waals surface area (Å²) in [6.07, 6.45) is -4.50. The molecule has 1 unspecified atom stereocenters. The second-order valence-electron chi connectivity index (χ2n) is 6.02. The Balaban J connectivity index is 2.92. The van der Waals surface area contributed by atoms with Crippen LogP contribution in [0.5, 0.6) is 0 Å². The van der Waals surface area contributed by atoms with Gasteiger partial charge in [0.1, 0.15) is 6.54 Å². The highest BCUT2D eigenvalue weighted by Crippen LogP contribution is 2.29. The maximum absolute atomic E-state index is 12.3. The zero-order valence-corrected chi connectivity index (χ0v) is 12.2. The molecule has 0 spiro atoms. The van der Waals surface area contributed by atoms with Gasteiger partial charge in [0.15, 0.2) is 6.07 Å². The van der Waals surface area contributed by atoms with Crippen LogP contribution in [0.3, 0.4) is 0 Å². The summed E-state index contributed by atoms with van der Waals surface area (Å²) in [5.41, 5.74) is -1.18. The van der Waals surface area contributed by atoms with Gasteiger partial charge in [-0.05, 0) is 6.07 Å². The van der Waals surface area contributed by atoms with E-state index < -0.39 is 24.6 Å². The molecule has 0 aliphatic rings. The molecule has 21 heavy (non-hydrogen) atoms. The van der Waals surface area contributed by atoms with E-state index in [0.717, 1.165) is 5.69 Å². The minimum absolute atomic E-state index is 0.167. The number of rotatable bonds is 4. The van der Waals surface area contributed by atoms with Gasteiger partial charge in [0.2, 0.25) is 0 Å². The molecule has 0 radical (unpaired) electrons. The average Bonchev–Trinajstić information content (AvgIpc) is 2.82. The monoisotopic (exact) mass is 298 g/mol. The molecule has 0 saturated heterocycles. The van der Waals surface area contributed by atoms with Crippen molar-refractivity contribution in [2.75, 3.05) is 0 Å². The van der Waals surface area contributed by atoms with Gasteiger partial charge in [-0.3, -0.25) is 9.53 Å². The second-order valence-corrected chi connectivity index (χ2v) is 6.02. The molecule has 1 aromatic rings. The Labute approximate surface area is 122 Å². The Kier molecular flexibility index (Phi) is 4.68. The van der Waals surface area contributed by atoms with Crippen LogP contribution in [-0.2, 0) is 12.0 Å². The molecule has 1 rings (SSSR count). The van der Waals surface area contributed by atoms with Gasteiger partial charge < -0.3 is 0 Å². The molecule has 114 valence electrons. The zero-order chi connectivity index (χ0) is 16.3. The van der Waals surface area contributed by atoms with E-state index in [1.54, 1.807) is 18.3 Å². The van der Waals surface area contributed by atoms with Crippen LogP contribution in [-0.4, -0.2) is 21.5 Å². The third kappa shape index (κ3) is 4.78. The van der Waals surface area contributed by atoms with Gasteiger partial charge in [0.05, 0.1) is 18.5 Å². The summed E-state index contributed by atoms with van der Waals surface area (Å²) in [4.78, 5) is 3.14. The highest BCUT2D eigenvalue weighted by Gasteiger charge is 2.42. The lowest BCUT2D eigenvalue weighted by molar-refractivity contribution is -0.137. The van der Waals surface area contributed by atoms with Gasteiger partial charge in [-0.25, -0.2) is 6.57 Å². The first-order valence-electron chi connectivity index (χ1n) is 6.42. The molecule has 0 bridgehead atoms. The number of halogens is 3. The standard InChI is InChI=1S/C14H17F3N4/c1-12(2,3)11-5-8-21(20-11)10-13(9-18,19-4)6-7-14(15,16)17/h5,8H,6-7,10H2,1-3H3. The molecular formula is C14H17F3N4. The Morgan fingerprint density at radius 3 is 2.33 bits per heavy atom. The van der Waals surface area contributed by atoms with Crippen molar-refractivity contribution in [3.8, 4) is 6.07 Å². The molecule has 0 fully saturated rings. The van der Waals surface area contributed by atoms with Crippen LogP contribution in [0, 0.1) is 17.9 Å². The quantitative estimate of drug-likeness (QED) is 0.796. The largest absolute Gasteiger partial charge is 0.389 e. The highest BCUT2D eigenvalue weighted by atomic mass is 19.4. The SMILES string of the molecule is [C-]#[N+]C(C#N)(CCC(F)(F)F)Cn1ccc(C(C)(C)C)n1. The topological polar surface area (TPSA) is 46.0 Å². The Bertz CT molecular complexity index is 553. The van der Waals surface area contributed by atoms with Crippen molar-refractivity contribution >= 4 is 0 Å². The van der Waals surface area contributed by atoms with Crippen molar-refractivity contribution in [2.24, 2.45) is 0 Å². The molecule has 0 amide bonds. The van der Waals surface area contributed by atoms with Crippen molar-refractivity contribution in [3.05, 3.63) is 29.4 Å². The van der Waals surface area contributed by atoms with Gasteiger partial charge in [-0.2, -0.15) is 23.5 Å². The normalized spacial score (nSPS) is 15.0. The minimum atomic E-state index is -4.38. The van der Waals surface area contributed by atoms with E-state index in [-0.39, 0.29) is 12.0 Å². The molecule has 0 aliphatic heterocycles. The van der Waals surface area contributed by atoms with Crippen LogP contribution < -0.4 is 0 Å². The van der Waals surface area contributed by atoms with Gasteiger partial charge in [-0.15, -0.1) is 0 Å². The zero-order valence-electron chi connectivity index (χ0n) is 12.2. The Hall–Kier alpha value is -2.02. The first-order valence-corrected chi connectivity index (χ1v) is 6.42. The smallest absolute Gasteiger partial charge is 0.292 e. The molecule has 0 aliphatic carbocycles. The fourth-order valence-electron chi connectivity index (χ4n) is 1.75. The number of hydrogen-bond acceptors (Lipinski definition) is 2. The number of nitriles is 1. The molecule has 0 N–H and O–H groups in total. The van der Waals surface area contributed by atoms with Crippen LogP contribution in [0.4, 0.5) is 13.2 Å². The van der Waals surface area contributed by atoms with Gasteiger partial charge in [0, 0.05) is 11.6 Å². The van der Waals surface area contributed by atoms with Crippen molar-refractivity contribution in [1.82, 2.24) is 9.78 Å². The average molecular weight is 298 g/mol. The summed E-state index contributed by atoms with van der Waals surface area (Å²) < 4.78 is 38.3. The van der Waals surface area contributed by atoms with E-state index in [9.17, 15) is 13.2 Å². The number of nitrogens with zero attached hydrogens (tertiary/aromatic N) is 4. The summed E-state index contributed by atoms with van der Waals surface area (Å²) >= 11 is 0.